The van der Waals surface area contributed by atoms with Crippen molar-refractivity contribution in [1.29, 1.82) is 0 Å². The third-order valence-corrected chi connectivity index (χ3v) is 6.75. The largest absolute Gasteiger partial charge is 0.478 e. The van der Waals surface area contributed by atoms with Gasteiger partial charge in [0.15, 0.2) is 0 Å². The van der Waals surface area contributed by atoms with Crippen LogP contribution in [0.5, 0.6) is 0 Å². The summed E-state index contributed by atoms with van der Waals surface area (Å²) in [5, 5.41) is 10.6. The molecule has 3 aromatic rings. The molecule has 0 aliphatic carbocycles. The van der Waals surface area contributed by atoms with Crippen LogP contribution in [0.25, 0.3) is 0 Å². The first-order valence-electron chi connectivity index (χ1n) is 10.5. The fourth-order valence-corrected chi connectivity index (χ4v) is 4.89. The van der Waals surface area contributed by atoms with Gasteiger partial charge in [-0.05, 0) is 60.4 Å². The smallest absolute Gasteiger partial charge is 0.335 e. The molecular weight excluding hydrogens is 443 g/mol. The first kappa shape index (κ1) is 22.6. The number of hydrogen-bond acceptors (Lipinski definition) is 2. The zero-order valence-corrected chi connectivity index (χ0v) is 19.2. The molecule has 3 aromatic carbocycles. The molecule has 0 saturated carbocycles. The third kappa shape index (κ3) is 4.61. The fraction of sp³-hybridized carbons (Fsp3) is 0.222. The molecule has 0 spiro atoms. The van der Waals surface area contributed by atoms with Gasteiger partial charge in [0, 0.05) is 21.9 Å². The molecule has 1 aliphatic heterocycles. The summed E-state index contributed by atoms with van der Waals surface area (Å²) in [5.41, 5.74) is 4.26. The van der Waals surface area contributed by atoms with Gasteiger partial charge in [-0.2, -0.15) is 0 Å². The topological polar surface area (TPSA) is 46.5 Å². The van der Waals surface area contributed by atoms with E-state index in [9.17, 15) is 9.90 Å². The number of carbonyl (C=O) groups is 1. The molecule has 1 fully saturated rings. The Kier molecular flexibility index (Phi) is 6.71. The number of rotatable bonds is 5. The molecule has 1 heterocycles. The van der Waals surface area contributed by atoms with E-state index >= 15 is 0 Å². The summed E-state index contributed by atoms with van der Waals surface area (Å²) in [4.78, 5) is 11.3. The quantitative estimate of drug-likeness (QED) is 0.389. The SMILES string of the molecule is C=C(C)[C@@H]1C[C@@H](c2ccccc2Cl)[C@@H](c2ccc(Cl)cc2)O[C@H]1c1ccc(C(=O)O)cc1. The van der Waals surface area contributed by atoms with Crippen LogP contribution >= 0.6 is 23.2 Å². The molecule has 4 rings (SSSR count). The number of carboxylic acid groups (broad SMARTS) is 1. The van der Waals surface area contributed by atoms with Gasteiger partial charge in [0.2, 0.25) is 0 Å². The predicted molar refractivity (Wildman–Crippen MR) is 129 cm³/mol. The average molecular weight is 467 g/mol. The van der Waals surface area contributed by atoms with E-state index in [0.29, 0.717) is 10.0 Å². The third-order valence-electron chi connectivity index (χ3n) is 6.15. The fourth-order valence-electron chi connectivity index (χ4n) is 4.48. The van der Waals surface area contributed by atoms with E-state index in [-0.39, 0.29) is 29.6 Å². The van der Waals surface area contributed by atoms with Gasteiger partial charge in [-0.15, -0.1) is 0 Å². The molecule has 5 heteroatoms. The first-order valence-corrected chi connectivity index (χ1v) is 11.2. The minimum Gasteiger partial charge on any atom is -0.478 e. The van der Waals surface area contributed by atoms with Crippen LogP contribution in [0.3, 0.4) is 0 Å². The second-order valence-electron chi connectivity index (χ2n) is 8.27. The summed E-state index contributed by atoms with van der Waals surface area (Å²) in [7, 11) is 0. The summed E-state index contributed by atoms with van der Waals surface area (Å²) >= 11 is 12.7. The lowest BCUT2D eigenvalue weighted by molar-refractivity contribution is -0.0918. The van der Waals surface area contributed by atoms with Gasteiger partial charge in [-0.1, -0.05) is 77.8 Å². The van der Waals surface area contributed by atoms with Crippen molar-refractivity contribution < 1.29 is 14.6 Å². The number of aromatic carboxylic acids is 1. The van der Waals surface area contributed by atoms with Crippen LogP contribution in [-0.2, 0) is 4.74 Å². The highest BCUT2D eigenvalue weighted by atomic mass is 35.5. The lowest BCUT2D eigenvalue weighted by Gasteiger charge is -2.43. The van der Waals surface area contributed by atoms with Crippen LogP contribution in [0.4, 0.5) is 0 Å². The standard InChI is InChI=1S/C27H24Cl2O3/c1-16(2)22-15-23(21-5-3-4-6-24(21)29)26(18-11-13-20(28)14-12-18)32-25(22)17-7-9-19(10-8-17)27(30)31/h3-14,22-23,25-26H,1,15H2,2H3,(H,30,31)/t22-,23-,25-,26+/m0/s1. The summed E-state index contributed by atoms with van der Waals surface area (Å²) in [5.74, 6) is -0.869. The van der Waals surface area contributed by atoms with Gasteiger partial charge in [0.1, 0.15) is 0 Å². The molecule has 4 atom stereocenters. The van der Waals surface area contributed by atoms with Crippen molar-refractivity contribution in [1.82, 2.24) is 0 Å². The Bertz CT molecular complexity index is 1120. The van der Waals surface area contributed by atoms with E-state index in [1.54, 1.807) is 12.1 Å². The molecule has 0 unspecified atom stereocenters. The average Bonchev–Trinajstić information content (AvgIpc) is 2.79. The molecule has 1 aliphatic rings. The van der Waals surface area contributed by atoms with Gasteiger partial charge in [-0.25, -0.2) is 4.79 Å². The monoisotopic (exact) mass is 466 g/mol. The molecule has 32 heavy (non-hydrogen) atoms. The maximum absolute atomic E-state index is 11.3. The normalized spacial score (nSPS) is 23.0. The summed E-state index contributed by atoms with van der Waals surface area (Å²) in [6.07, 6.45) is 0.305. The van der Waals surface area contributed by atoms with Crippen molar-refractivity contribution >= 4 is 29.2 Å². The van der Waals surface area contributed by atoms with Crippen molar-refractivity contribution in [2.24, 2.45) is 5.92 Å². The predicted octanol–water partition coefficient (Wildman–Crippen LogP) is 7.87. The Balaban J connectivity index is 1.78. The van der Waals surface area contributed by atoms with E-state index in [0.717, 1.165) is 28.7 Å². The van der Waals surface area contributed by atoms with Crippen LogP contribution in [-0.4, -0.2) is 11.1 Å². The zero-order valence-electron chi connectivity index (χ0n) is 17.7. The Morgan fingerprint density at radius 3 is 2.12 bits per heavy atom. The highest BCUT2D eigenvalue weighted by Crippen LogP contribution is 2.52. The molecule has 0 radical (unpaired) electrons. The van der Waals surface area contributed by atoms with Crippen LogP contribution in [0.15, 0.2) is 84.9 Å². The van der Waals surface area contributed by atoms with E-state index in [2.05, 4.69) is 12.6 Å². The van der Waals surface area contributed by atoms with Crippen LogP contribution in [0.2, 0.25) is 10.0 Å². The van der Waals surface area contributed by atoms with Crippen LogP contribution in [0.1, 0.15) is 58.5 Å². The van der Waals surface area contributed by atoms with Crippen molar-refractivity contribution in [3.8, 4) is 0 Å². The molecule has 164 valence electrons. The highest BCUT2D eigenvalue weighted by molar-refractivity contribution is 6.31. The summed E-state index contributed by atoms with van der Waals surface area (Å²) in [6.45, 7) is 6.25. The van der Waals surface area contributed by atoms with Crippen molar-refractivity contribution in [3.63, 3.8) is 0 Å². The van der Waals surface area contributed by atoms with E-state index in [1.165, 1.54) is 0 Å². The van der Waals surface area contributed by atoms with Gasteiger partial charge < -0.3 is 9.84 Å². The van der Waals surface area contributed by atoms with E-state index in [4.69, 9.17) is 27.9 Å². The summed E-state index contributed by atoms with van der Waals surface area (Å²) in [6, 6.07) is 22.5. The van der Waals surface area contributed by atoms with Crippen molar-refractivity contribution in [2.75, 3.05) is 0 Å². The van der Waals surface area contributed by atoms with Gasteiger partial charge in [0.25, 0.3) is 0 Å². The molecule has 1 N–H and O–H groups in total. The molecule has 0 aromatic heterocycles. The van der Waals surface area contributed by atoms with E-state index in [1.807, 2.05) is 61.5 Å². The minimum absolute atomic E-state index is 0.0288. The Hall–Kier alpha value is -2.59. The van der Waals surface area contributed by atoms with Gasteiger partial charge in [0.05, 0.1) is 17.8 Å². The minimum atomic E-state index is -0.949. The van der Waals surface area contributed by atoms with E-state index < -0.39 is 5.97 Å². The Labute approximate surface area is 198 Å². The molecule has 0 bridgehead atoms. The lowest BCUT2D eigenvalue weighted by atomic mass is 9.74. The Morgan fingerprint density at radius 1 is 0.938 bits per heavy atom. The Morgan fingerprint density at radius 2 is 1.53 bits per heavy atom. The molecule has 3 nitrogen and oxygen atoms in total. The highest BCUT2D eigenvalue weighted by Gasteiger charge is 2.41. The molecule has 0 amide bonds. The maximum atomic E-state index is 11.3. The molecule has 1 saturated heterocycles. The number of halogens is 2. The number of ether oxygens (including phenoxy) is 1. The number of carboxylic acids is 1. The number of benzene rings is 3. The van der Waals surface area contributed by atoms with Gasteiger partial charge >= 0.3 is 5.97 Å². The van der Waals surface area contributed by atoms with Crippen molar-refractivity contribution in [3.05, 3.63) is 117 Å². The second kappa shape index (κ2) is 9.50. The molecular formula is C27H24Cl2O3. The maximum Gasteiger partial charge on any atom is 0.335 e. The zero-order chi connectivity index (χ0) is 22.8. The second-order valence-corrected chi connectivity index (χ2v) is 9.12. The van der Waals surface area contributed by atoms with Crippen LogP contribution in [0, 0.1) is 5.92 Å². The van der Waals surface area contributed by atoms with Crippen molar-refractivity contribution in [2.45, 2.75) is 31.5 Å². The van der Waals surface area contributed by atoms with Crippen LogP contribution < -0.4 is 0 Å². The lowest BCUT2D eigenvalue weighted by Crippen LogP contribution is -2.31. The summed E-state index contributed by atoms with van der Waals surface area (Å²) < 4.78 is 6.78. The number of hydrogen-bond donors (Lipinski definition) is 1. The van der Waals surface area contributed by atoms with Gasteiger partial charge in [-0.3, -0.25) is 0 Å². The first-order chi connectivity index (χ1) is 15.3.